The van der Waals surface area contributed by atoms with Crippen LogP contribution < -0.4 is 5.32 Å². The van der Waals surface area contributed by atoms with Crippen LogP contribution in [0, 0.1) is 21.4 Å². The number of carbonyl (C=O) groups is 2. The Morgan fingerprint density at radius 2 is 1.73 bits per heavy atom. The Labute approximate surface area is 193 Å². The molecule has 0 fully saturated rings. The Kier molecular flexibility index (Phi) is 9.61. The molecule has 1 aromatic carbocycles. The van der Waals surface area contributed by atoms with Gasteiger partial charge in [-0.2, -0.15) is 5.26 Å². The van der Waals surface area contributed by atoms with Gasteiger partial charge in [-0.15, -0.1) is 0 Å². The molecule has 0 aliphatic carbocycles. The number of esters is 2. The number of dihydropyridines is 1. The number of carbonyl (C=O) groups excluding carboxylic acids is 2. The molecule has 1 N–H and O–H groups in total. The summed E-state index contributed by atoms with van der Waals surface area (Å²) in [5.74, 6) is -2.08. The number of nitro groups is 1. The highest BCUT2D eigenvalue weighted by molar-refractivity contribution is 5.99. The van der Waals surface area contributed by atoms with Gasteiger partial charge in [0.2, 0.25) is 0 Å². The van der Waals surface area contributed by atoms with Crippen LogP contribution in [-0.2, 0) is 19.1 Å². The quantitative estimate of drug-likeness (QED) is 0.225. The van der Waals surface area contributed by atoms with Gasteiger partial charge in [-0.25, -0.2) is 9.59 Å². The fraction of sp³-hybridized carbons (Fsp3) is 0.458. The van der Waals surface area contributed by atoms with Crippen molar-refractivity contribution < 1.29 is 24.0 Å². The number of non-ortho nitro benzene ring substituents is 1. The number of hydrogen-bond acceptors (Lipinski definition) is 8. The van der Waals surface area contributed by atoms with Crippen molar-refractivity contribution in [3.63, 3.8) is 0 Å². The second-order valence-electron chi connectivity index (χ2n) is 7.79. The first-order valence-electron chi connectivity index (χ1n) is 10.9. The molecule has 0 radical (unpaired) electrons. The predicted molar refractivity (Wildman–Crippen MR) is 121 cm³/mol. The minimum Gasteiger partial charge on any atom is -0.466 e. The van der Waals surface area contributed by atoms with E-state index >= 15 is 0 Å². The normalized spacial score (nSPS) is 15.5. The Morgan fingerprint density at radius 3 is 2.36 bits per heavy atom. The van der Waals surface area contributed by atoms with Crippen LogP contribution in [0.5, 0.6) is 0 Å². The molecule has 0 saturated carbocycles. The Balaban J connectivity index is 2.25. The summed E-state index contributed by atoms with van der Waals surface area (Å²) in [7, 11) is 1.24. The maximum absolute atomic E-state index is 13.1. The summed E-state index contributed by atoms with van der Waals surface area (Å²) >= 11 is 0. The molecule has 1 heterocycles. The molecule has 9 nitrogen and oxygen atoms in total. The van der Waals surface area contributed by atoms with Crippen LogP contribution in [0.3, 0.4) is 0 Å². The standard InChI is InChI=1S/C24H29N3O6/c1-16-20(23(28)32-3)22(18-11-10-12-19(15-18)27(30)31)21(17(2)26-16)24(29)33-14-9-7-5-4-6-8-13-25/h10-12,15,22,26H,4-9,14H2,1-3H3. The third-order valence-corrected chi connectivity index (χ3v) is 5.47. The Morgan fingerprint density at radius 1 is 1.09 bits per heavy atom. The van der Waals surface area contributed by atoms with Crippen molar-refractivity contribution >= 4 is 17.6 Å². The maximum Gasteiger partial charge on any atom is 0.336 e. The number of nitrogens with zero attached hydrogens (tertiary/aromatic N) is 2. The average Bonchev–Trinajstić information content (AvgIpc) is 2.79. The van der Waals surface area contributed by atoms with Gasteiger partial charge >= 0.3 is 11.9 Å². The van der Waals surface area contributed by atoms with Gasteiger partial charge in [0.25, 0.3) is 5.69 Å². The van der Waals surface area contributed by atoms with Crippen molar-refractivity contribution in [3.05, 3.63) is 62.5 Å². The van der Waals surface area contributed by atoms with Crippen molar-refractivity contribution in [2.24, 2.45) is 0 Å². The minimum absolute atomic E-state index is 0.144. The van der Waals surface area contributed by atoms with Crippen molar-refractivity contribution in [1.82, 2.24) is 5.32 Å². The number of hydrogen-bond donors (Lipinski definition) is 1. The number of benzene rings is 1. The number of unbranched alkanes of at least 4 members (excludes halogenated alkanes) is 5. The second-order valence-corrected chi connectivity index (χ2v) is 7.79. The van der Waals surface area contributed by atoms with E-state index in [-0.39, 0.29) is 23.4 Å². The third-order valence-electron chi connectivity index (χ3n) is 5.47. The molecular formula is C24H29N3O6. The van der Waals surface area contributed by atoms with Gasteiger partial charge in [-0.05, 0) is 32.3 Å². The molecule has 0 saturated heterocycles. The molecule has 0 aromatic heterocycles. The van der Waals surface area contributed by atoms with Crippen molar-refractivity contribution in [2.75, 3.05) is 13.7 Å². The van der Waals surface area contributed by atoms with Crippen LogP contribution in [0.25, 0.3) is 0 Å². The van der Waals surface area contributed by atoms with Crippen molar-refractivity contribution in [1.29, 1.82) is 5.26 Å². The molecule has 1 aliphatic heterocycles. The van der Waals surface area contributed by atoms with Crippen LogP contribution >= 0.6 is 0 Å². The lowest BCUT2D eigenvalue weighted by atomic mass is 9.80. The van der Waals surface area contributed by atoms with Crippen LogP contribution in [0.2, 0.25) is 0 Å². The van der Waals surface area contributed by atoms with Gasteiger partial charge in [-0.3, -0.25) is 10.1 Å². The molecule has 176 valence electrons. The second kappa shape index (κ2) is 12.4. The number of methoxy groups -OCH3 is 1. The van der Waals surface area contributed by atoms with Crippen LogP contribution in [0.4, 0.5) is 5.69 Å². The van der Waals surface area contributed by atoms with Crippen LogP contribution in [0.1, 0.15) is 63.9 Å². The zero-order valence-electron chi connectivity index (χ0n) is 19.2. The fourth-order valence-electron chi connectivity index (χ4n) is 3.88. The van der Waals surface area contributed by atoms with E-state index in [4.69, 9.17) is 14.7 Å². The Bertz CT molecular complexity index is 1010. The van der Waals surface area contributed by atoms with E-state index in [1.165, 1.54) is 25.3 Å². The summed E-state index contributed by atoms with van der Waals surface area (Å²) in [6.45, 7) is 3.61. The highest BCUT2D eigenvalue weighted by atomic mass is 16.6. The number of rotatable bonds is 11. The molecule has 1 aromatic rings. The molecule has 0 amide bonds. The van der Waals surface area contributed by atoms with Gasteiger partial charge in [0.1, 0.15) is 0 Å². The van der Waals surface area contributed by atoms with E-state index < -0.39 is 22.8 Å². The molecule has 2 rings (SSSR count). The van der Waals surface area contributed by atoms with E-state index in [9.17, 15) is 19.7 Å². The lowest BCUT2D eigenvalue weighted by Crippen LogP contribution is -2.32. The number of allylic oxidation sites excluding steroid dienone is 2. The summed E-state index contributed by atoms with van der Waals surface area (Å²) in [5, 5.41) is 22.9. The molecule has 33 heavy (non-hydrogen) atoms. The number of nitro benzene ring substituents is 1. The summed E-state index contributed by atoms with van der Waals surface area (Å²) in [6, 6.07) is 7.98. The molecule has 1 aliphatic rings. The molecule has 0 spiro atoms. The van der Waals surface area contributed by atoms with Crippen molar-refractivity contribution in [3.8, 4) is 6.07 Å². The smallest absolute Gasteiger partial charge is 0.336 e. The van der Waals surface area contributed by atoms with Gasteiger partial charge in [0.05, 0.1) is 41.8 Å². The zero-order valence-corrected chi connectivity index (χ0v) is 19.2. The molecule has 1 unspecified atom stereocenters. The van der Waals surface area contributed by atoms with E-state index in [0.29, 0.717) is 29.8 Å². The highest BCUT2D eigenvalue weighted by Crippen LogP contribution is 2.40. The average molecular weight is 456 g/mol. The lowest BCUT2D eigenvalue weighted by molar-refractivity contribution is -0.384. The summed E-state index contributed by atoms with van der Waals surface area (Å²) in [6.07, 6.45) is 4.86. The molecular weight excluding hydrogens is 426 g/mol. The summed E-state index contributed by atoms with van der Waals surface area (Å²) in [5.41, 5.74) is 1.72. The maximum atomic E-state index is 13.1. The topological polar surface area (TPSA) is 132 Å². The number of nitriles is 1. The van der Waals surface area contributed by atoms with E-state index in [1.807, 2.05) is 0 Å². The summed E-state index contributed by atoms with van der Waals surface area (Å²) < 4.78 is 10.4. The SMILES string of the molecule is COC(=O)C1=C(C)NC(C)=C(C(=O)OCCCCCCCC#N)C1c1cccc([N+](=O)[O-])c1. The van der Waals surface area contributed by atoms with Gasteiger partial charge < -0.3 is 14.8 Å². The van der Waals surface area contributed by atoms with Gasteiger partial charge in [0, 0.05) is 29.9 Å². The number of ether oxygens (including phenoxy) is 2. The van der Waals surface area contributed by atoms with E-state index in [2.05, 4.69) is 11.4 Å². The first-order chi connectivity index (χ1) is 15.8. The summed E-state index contributed by atoms with van der Waals surface area (Å²) in [4.78, 5) is 36.5. The molecule has 9 heteroatoms. The van der Waals surface area contributed by atoms with Gasteiger partial charge in [-0.1, -0.05) is 31.4 Å². The monoisotopic (exact) mass is 455 g/mol. The fourth-order valence-corrected chi connectivity index (χ4v) is 3.88. The zero-order chi connectivity index (χ0) is 24.4. The number of nitrogens with one attached hydrogen (secondary N) is 1. The van der Waals surface area contributed by atoms with E-state index in [1.54, 1.807) is 19.9 Å². The third kappa shape index (κ3) is 6.65. The van der Waals surface area contributed by atoms with Crippen LogP contribution in [-0.4, -0.2) is 30.6 Å². The highest BCUT2D eigenvalue weighted by Gasteiger charge is 2.38. The minimum atomic E-state index is -0.864. The molecule has 1 atom stereocenters. The lowest BCUT2D eigenvalue weighted by Gasteiger charge is -2.30. The largest absolute Gasteiger partial charge is 0.466 e. The first-order valence-corrected chi connectivity index (χ1v) is 10.9. The van der Waals surface area contributed by atoms with E-state index in [0.717, 1.165) is 25.7 Å². The predicted octanol–water partition coefficient (Wildman–Crippen LogP) is 4.41. The molecule has 0 bridgehead atoms. The first kappa shape index (κ1) is 25.6. The van der Waals surface area contributed by atoms with Crippen molar-refractivity contribution in [2.45, 2.75) is 58.3 Å². The van der Waals surface area contributed by atoms with Crippen LogP contribution in [0.15, 0.2) is 46.8 Å². The van der Waals surface area contributed by atoms with Gasteiger partial charge in [0.15, 0.2) is 0 Å². The Hall–Kier alpha value is -3.67.